The standard InChI is InChI=1S/C23H28N4O4S3/c1-3-4-5-6-10-24-19-17(21(28)26-11-7-8-15(2)20(26)25-19)13-18-22(29)27(23(32)33-18)16-9-12-34(30,31)14-16/h7-8,11,13,16,24H,3-6,9-10,12,14H2,1-2H3. The highest BCUT2D eigenvalue weighted by atomic mass is 32.2. The minimum atomic E-state index is -3.17. The summed E-state index contributed by atoms with van der Waals surface area (Å²) in [7, 11) is -3.17. The zero-order valence-electron chi connectivity index (χ0n) is 19.2. The minimum Gasteiger partial charge on any atom is -0.369 e. The summed E-state index contributed by atoms with van der Waals surface area (Å²) in [5.41, 5.74) is 1.44. The van der Waals surface area contributed by atoms with Gasteiger partial charge in [0, 0.05) is 12.7 Å². The van der Waals surface area contributed by atoms with E-state index in [4.69, 9.17) is 17.2 Å². The van der Waals surface area contributed by atoms with Gasteiger partial charge in [0.15, 0.2) is 9.84 Å². The second-order valence-corrected chi connectivity index (χ2v) is 12.6. The number of carbonyl (C=O) groups is 1. The zero-order chi connectivity index (χ0) is 24.5. The molecule has 182 valence electrons. The number of nitrogens with one attached hydrogen (secondary N) is 1. The first-order valence-corrected chi connectivity index (χ1v) is 14.5. The van der Waals surface area contributed by atoms with Crippen LogP contribution in [0.3, 0.4) is 0 Å². The maximum atomic E-state index is 13.4. The van der Waals surface area contributed by atoms with Gasteiger partial charge in [-0.25, -0.2) is 13.4 Å². The first kappa shape index (κ1) is 24.9. The van der Waals surface area contributed by atoms with Crippen LogP contribution in [0.1, 0.15) is 50.2 Å². The number of thioether (sulfide) groups is 1. The molecule has 0 radical (unpaired) electrons. The molecule has 0 saturated carbocycles. The Kier molecular flexibility index (Phi) is 7.44. The molecule has 1 atom stereocenters. The lowest BCUT2D eigenvalue weighted by Gasteiger charge is -2.20. The number of sulfone groups is 1. The van der Waals surface area contributed by atoms with E-state index >= 15 is 0 Å². The summed E-state index contributed by atoms with van der Waals surface area (Å²) < 4.78 is 25.7. The van der Waals surface area contributed by atoms with Crippen LogP contribution in [0.2, 0.25) is 0 Å². The number of hydrogen-bond donors (Lipinski definition) is 1. The van der Waals surface area contributed by atoms with Gasteiger partial charge in [0.2, 0.25) is 0 Å². The predicted octanol–water partition coefficient (Wildman–Crippen LogP) is 3.38. The molecule has 2 aliphatic rings. The van der Waals surface area contributed by atoms with E-state index < -0.39 is 15.9 Å². The molecule has 0 aliphatic carbocycles. The molecular formula is C23H28N4O4S3. The molecular weight excluding hydrogens is 492 g/mol. The minimum absolute atomic E-state index is 0.0508. The molecule has 2 aromatic rings. The van der Waals surface area contributed by atoms with Crippen molar-refractivity contribution < 1.29 is 13.2 Å². The molecule has 1 N–H and O–H groups in total. The summed E-state index contributed by atoms with van der Waals surface area (Å²) in [5.74, 6) is 0.0376. The molecule has 34 heavy (non-hydrogen) atoms. The lowest BCUT2D eigenvalue weighted by molar-refractivity contribution is -0.123. The Morgan fingerprint density at radius 3 is 2.79 bits per heavy atom. The Hall–Kier alpha value is -2.24. The normalized spacial score (nSPS) is 21.2. The van der Waals surface area contributed by atoms with Crippen molar-refractivity contribution in [3.63, 3.8) is 0 Å². The SMILES string of the molecule is CCCCCCNc1nc2c(C)cccn2c(=O)c1C=C1SC(=S)N(C2CCS(=O)(=O)C2)C1=O. The van der Waals surface area contributed by atoms with E-state index in [2.05, 4.69) is 12.2 Å². The van der Waals surface area contributed by atoms with Crippen LogP contribution in [0.5, 0.6) is 0 Å². The summed E-state index contributed by atoms with van der Waals surface area (Å²) in [4.78, 5) is 33.0. The Bertz CT molecular complexity index is 1330. The molecule has 8 nitrogen and oxygen atoms in total. The third-order valence-electron chi connectivity index (χ3n) is 6.08. The quantitative estimate of drug-likeness (QED) is 0.321. The Morgan fingerprint density at radius 1 is 1.29 bits per heavy atom. The van der Waals surface area contributed by atoms with Gasteiger partial charge in [-0.2, -0.15) is 0 Å². The highest BCUT2D eigenvalue weighted by Crippen LogP contribution is 2.36. The first-order chi connectivity index (χ1) is 16.2. The van der Waals surface area contributed by atoms with Crippen molar-refractivity contribution in [1.29, 1.82) is 0 Å². The second kappa shape index (κ2) is 10.2. The third kappa shape index (κ3) is 5.06. The van der Waals surface area contributed by atoms with Crippen LogP contribution in [0.15, 0.2) is 28.0 Å². The summed E-state index contributed by atoms with van der Waals surface area (Å²) in [6.07, 6.45) is 7.86. The number of hydrogen-bond acceptors (Lipinski definition) is 8. The van der Waals surface area contributed by atoms with Gasteiger partial charge in [-0.15, -0.1) is 0 Å². The van der Waals surface area contributed by atoms with Crippen molar-refractivity contribution >= 4 is 61.6 Å². The van der Waals surface area contributed by atoms with Gasteiger partial charge in [0.05, 0.1) is 28.0 Å². The summed E-state index contributed by atoms with van der Waals surface area (Å²) >= 11 is 6.51. The topological polar surface area (TPSA) is 101 Å². The molecule has 1 amide bonds. The monoisotopic (exact) mass is 520 g/mol. The number of fused-ring (bicyclic) bond motifs is 1. The highest BCUT2D eigenvalue weighted by molar-refractivity contribution is 8.26. The molecule has 2 aliphatic heterocycles. The van der Waals surface area contributed by atoms with Crippen LogP contribution >= 0.6 is 24.0 Å². The van der Waals surface area contributed by atoms with E-state index in [0.29, 0.717) is 33.7 Å². The molecule has 11 heteroatoms. The smallest absolute Gasteiger partial charge is 0.267 e. The molecule has 0 aromatic carbocycles. The molecule has 0 spiro atoms. The van der Waals surface area contributed by atoms with E-state index in [1.807, 2.05) is 13.0 Å². The van der Waals surface area contributed by atoms with Gasteiger partial charge < -0.3 is 5.32 Å². The largest absolute Gasteiger partial charge is 0.369 e. The summed E-state index contributed by atoms with van der Waals surface area (Å²) in [6, 6.07) is 3.22. The Labute approximate surface area is 208 Å². The number of amides is 1. The Morgan fingerprint density at radius 2 is 2.09 bits per heavy atom. The molecule has 4 rings (SSSR count). The van der Waals surface area contributed by atoms with Gasteiger partial charge >= 0.3 is 0 Å². The van der Waals surface area contributed by atoms with Crippen LogP contribution in [0, 0.1) is 6.92 Å². The summed E-state index contributed by atoms with van der Waals surface area (Å²) in [6.45, 7) is 4.71. The Balaban J connectivity index is 1.70. The van der Waals surface area contributed by atoms with Crippen LogP contribution in [0.25, 0.3) is 11.7 Å². The lowest BCUT2D eigenvalue weighted by atomic mass is 10.2. The average molecular weight is 521 g/mol. The van der Waals surface area contributed by atoms with Crippen molar-refractivity contribution in [2.24, 2.45) is 0 Å². The number of unbranched alkanes of at least 4 members (excludes halogenated alkanes) is 3. The van der Waals surface area contributed by atoms with Crippen LogP contribution in [-0.2, 0) is 14.6 Å². The molecule has 0 bridgehead atoms. The van der Waals surface area contributed by atoms with Crippen molar-refractivity contribution in [2.75, 3.05) is 23.4 Å². The number of thiocarbonyl (C=S) groups is 1. The predicted molar refractivity (Wildman–Crippen MR) is 141 cm³/mol. The highest BCUT2D eigenvalue weighted by Gasteiger charge is 2.42. The maximum absolute atomic E-state index is 13.4. The second-order valence-electron chi connectivity index (χ2n) is 8.66. The van der Waals surface area contributed by atoms with Crippen molar-refractivity contribution in [3.8, 4) is 0 Å². The van der Waals surface area contributed by atoms with E-state index in [-0.39, 0.29) is 28.5 Å². The number of nitrogens with zero attached hydrogens (tertiary/aromatic N) is 3. The number of carbonyl (C=O) groups excluding carboxylic acids is 1. The molecule has 2 aromatic heterocycles. The lowest BCUT2D eigenvalue weighted by Crippen LogP contribution is -2.39. The van der Waals surface area contributed by atoms with Gasteiger partial charge in [0.1, 0.15) is 15.8 Å². The van der Waals surface area contributed by atoms with Gasteiger partial charge in [-0.1, -0.05) is 56.2 Å². The maximum Gasteiger partial charge on any atom is 0.267 e. The fourth-order valence-corrected chi connectivity index (χ4v) is 7.32. The molecule has 2 saturated heterocycles. The van der Waals surface area contributed by atoms with Crippen molar-refractivity contribution in [3.05, 3.63) is 44.7 Å². The van der Waals surface area contributed by atoms with Crippen molar-refractivity contribution in [2.45, 2.75) is 52.0 Å². The number of pyridine rings is 1. The fraction of sp³-hybridized carbons (Fsp3) is 0.478. The van der Waals surface area contributed by atoms with Gasteiger partial charge in [0.25, 0.3) is 11.5 Å². The van der Waals surface area contributed by atoms with Crippen molar-refractivity contribution in [1.82, 2.24) is 14.3 Å². The van der Waals surface area contributed by atoms with Gasteiger partial charge in [-0.3, -0.25) is 18.9 Å². The number of rotatable bonds is 8. The molecule has 4 heterocycles. The van der Waals surface area contributed by atoms with Crippen LogP contribution in [0.4, 0.5) is 5.82 Å². The van der Waals surface area contributed by atoms with Crippen LogP contribution in [-0.4, -0.2) is 57.0 Å². The number of aromatic nitrogens is 2. The number of anilines is 1. The van der Waals surface area contributed by atoms with Gasteiger partial charge in [-0.05, 0) is 37.5 Å². The first-order valence-electron chi connectivity index (χ1n) is 11.4. The third-order valence-corrected chi connectivity index (χ3v) is 9.16. The fourth-order valence-electron chi connectivity index (χ4n) is 4.24. The molecule has 2 fully saturated rings. The van der Waals surface area contributed by atoms with E-state index in [1.54, 1.807) is 18.3 Å². The van der Waals surface area contributed by atoms with Crippen LogP contribution < -0.4 is 10.9 Å². The van der Waals surface area contributed by atoms with E-state index in [1.165, 1.54) is 9.30 Å². The van der Waals surface area contributed by atoms with E-state index in [0.717, 1.165) is 43.0 Å². The molecule has 1 unspecified atom stereocenters. The number of aryl methyl sites for hydroxylation is 1. The zero-order valence-corrected chi connectivity index (χ0v) is 21.7. The summed E-state index contributed by atoms with van der Waals surface area (Å²) in [5, 5.41) is 3.29. The van der Waals surface area contributed by atoms with E-state index in [9.17, 15) is 18.0 Å². The average Bonchev–Trinajstić information content (AvgIpc) is 3.28.